The zero-order valence-electron chi connectivity index (χ0n) is 7.27. The van der Waals surface area contributed by atoms with Crippen molar-refractivity contribution in [2.24, 2.45) is 0 Å². The molecule has 1 N–H and O–H groups in total. The number of aromatic nitrogens is 1. The first-order chi connectivity index (χ1) is 6.25. The maximum absolute atomic E-state index is 9.00. The molecule has 0 aliphatic heterocycles. The molecule has 2 heterocycles. The van der Waals surface area contributed by atoms with Gasteiger partial charge in [0, 0.05) is 12.4 Å². The number of furan rings is 1. The monoisotopic (exact) mass is 178 g/mol. The van der Waals surface area contributed by atoms with Crippen molar-refractivity contribution in [2.75, 3.05) is 7.05 Å². The molecule has 2 aromatic heterocycles. The lowest BCUT2D eigenvalue weighted by Crippen LogP contribution is -2.12. The van der Waals surface area contributed by atoms with Gasteiger partial charge in [-0.05, 0) is 12.1 Å². The number of pyridine rings is 1. The highest BCUT2D eigenvalue weighted by molar-refractivity contribution is 5.76. The predicted molar refractivity (Wildman–Crippen MR) is 47.3 cm³/mol. The van der Waals surface area contributed by atoms with Crippen LogP contribution in [0.1, 0.15) is 5.69 Å². The smallest absolute Gasteiger partial charge is 0.152 e. The van der Waals surface area contributed by atoms with Gasteiger partial charge >= 0.3 is 0 Å². The molecule has 4 heteroatoms. The van der Waals surface area contributed by atoms with Crippen LogP contribution in [-0.4, -0.2) is 22.3 Å². The van der Waals surface area contributed by atoms with Crippen molar-refractivity contribution < 1.29 is 9.62 Å². The number of rotatable bonds is 2. The summed E-state index contributed by atoms with van der Waals surface area (Å²) in [5.74, 6) is 0. The molecule has 13 heavy (non-hydrogen) atoms. The van der Waals surface area contributed by atoms with E-state index in [1.807, 2.05) is 12.1 Å². The largest absolute Gasteiger partial charge is 0.463 e. The molecule has 0 aromatic carbocycles. The van der Waals surface area contributed by atoms with E-state index in [-0.39, 0.29) is 0 Å². The molecule has 2 aromatic rings. The highest BCUT2D eigenvalue weighted by atomic mass is 16.5. The minimum Gasteiger partial charge on any atom is -0.463 e. The summed E-state index contributed by atoms with van der Waals surface area (Å²) in [6.07, 6.45) is 3.28. The van der Waals surface area contributed by atoms with E-state index in [1.54, 1.807) is 19.5 Å². The Morgan fingerprint density at radius 1 is 1.62 bits per heavy atom. The lowest BCUT2D eigenvalue weighted by atomic mass is 10.2. The quantitative estimate of drug-likeness (QED) is 0.710. The van der Waals surface area contributed by atoms with Crippen molar-refractivity contribution in [3.63, 3.8) is 0 Å². The first-order valence-corrected chi connectivity index (χ1v) is 3.98. The molecule has 0 saturated heterocycles. The van der Waals surface area contributed by atoms with Gasteiger partial charge in [0.2, 0.25) is 0 Å². The fourth-order valence-corrected chi connectivity index (χ4v) is 1.23. The van der Waals surface area contributed by atoms with Crippen LogP contribution in [0.2, 0.25) is 0 Å². The van der Waals surface area contributed by atoms with Crippen LogP contribution in [0.15, 0.2) is 29.0 Å². The van der Waals surface area contributed by atoms with Crippen molar-refractivity contribution in [1.82, 2.24) is 10.0 Å². The fourth-order valence-electron chi connectivity index (χ4n) is 1.23. The summed E-state index contributed by atoms with van der Waals surface area (Å²) in [6, 6.07) is 3.77. The van der Waals surface area contributed by atoms with Crippen molar-refractivity contribution in [2.45, 2.75) is 6.54 Å². The van der Waals surface area contributed by atoms with Gasteiger partial charge in [0.05, 0.1) is 24.7 Å². The SMILES string of the molecule is CN(O)Cc1cc2ccoc2cn1. The summed E-state index contributed by atoms with van der Waals surface area (Å²) in [5, 5.41) is 11.1. The predicted octanol–water partition coefficient (Wildman–Crippen LogP) is 1.65. The van der Waals surface area contributed by atoms with E-state index in [9.17, 15) is 0 Å². The Morgan fingerprint density at radius 2 is 2.46 bits per heavy atom. The van der Waals surface area contributed by atoms with E-state index < -0.39 is 0 Å². The average molecular weight is 178 g/mol. The average Bonchev–Trinajstić information content (AvgIpc) is 2.49. The summed E-state index contributed by atoms with van der Waals surface area (Å²) in [6.45, 7) is 0.418. The van der Waals surface area contributed by atoms with Crippen LogP contribution in [0.3, 0.4) is 0 Å². The van der Waals surface area contributed by atoms with Gasteiger partial charge in [-0.15, -0.1) is 0 Å². The Balaban J connectivity index is 2.37. The first-order valence-electron chi connectivity index (χ1n) is 3.98. The van der Waals surface area contributed by atoms with E-state index in [0.29, 0.717) is 6.54 Å². The summed E-state index contributed by atoms with van der Waals surface area (Å²) in [5.41, 5.74) is 1.59. The van der Waals surface area contributed by atoms with E-state index >= 15 is 0 Å². The second-order valence-electron chi connectivity index (χ2n) is 2.95. The van der Waals surface area contributed by atoms with Gasteiger partial charge in [0.1, 0.15) is 0 Å². The molecular weight excluding hydrogens is 168 g/mol. The Kier molecular flexibility index (Phi) is 2.00. The third kappa shape index (κ3) is 1.68. The van der Waals surface area contributed by atoms with E-state index in [2.05, 4.69) is 4.98 Å². The van der Waals surface area contributed by atoms with Gasteiger partial charge in [-0.3, -0.25) is 4.98 Å². The fraction of sp³-hybridized carbons (Fsp3) is 0.222. The molecule has 68 valence electrons. The standard InChI is InChI=1S/C9H10N2O2/c1-11(12)6-8-4-7-2-3-13-9(7)5-10-8/h2-5,12H,6H2,1H3. The number of hydrogen-bond acceptors (Lipinski definition) is 4. The van der Waals surface area contributed by atoms with Crippen molar-refractivity contribution in [1.29, 1.82) is 0 Å². The van der Waals surface area contributed by atoms with E-state index in [4.69, 9.17) is 9.62 Å². The lowest BCUT2D eigenvalue weighted by Gasteiger charge is -2.06. The second-order valence-corrected chi connectivity index (χ2v) is 2.95. The Bertz CT molecular complexity index is 409. The van der Waals surface area contributed by atoms with E-state index in [0.717, 1.165) is 21.7 Å². The summed E-state index contributed by atoms with van der Waals surface area (Å²) in [7, 11) is 1.58. The van der Waals surface area contributed by atoms with Crippen molar-refractivity contribution in [3.8, 4) is 0 Å². The van der Waals surface area contributed by atoms with Crippen LogP contribution in [0.25, 0.3) is 11.0 Å². The maximum Gasteiger partial charge on any atom is 0.152 e. The summed E-state index contributed by atoms with van der Waals surface area (Å²) >= 11 is 0. The van der Waals surface area contributed by atoms with E-state index in [1.165, 1.54) is 0 Å². The zero-order chi connectivity index (χ0) is 9.26. The minimum atomic E-state index is 0.418. The molecule has 0 spiro atoms. The lowest BCUT2D eigenvalue weighted by molar-refractivity contribution is -0.0740. The maximum atomic E-state index is 9.00. The topological polar surface area (TPSA) is 49.5 Å². The van der Waals surface area contributed by atoms with Crippen molar-refractivity contribution in [3.05, 3.63) is 30.3 Å². The highest BCUT2D eigenvalue weighted by Crippen LogP contribution is 2.14. The molecule has 0 radical (unpaired) electrons. The molecule has 0 atom stereocenters. The molecule has 0 fully saturated rings. The Morgan fingerprint density at radius 3 is 3.23 bits per heavy atom. The minimum absolute atomic E-state index is 0.418. The third-order valence-electron chi connectivity index (χ3n) is 1.79. The normalized spacial score (nSPS) is 11.3. The Labute approximate surface area is 75.4 Å². The highest BCUT2D eigenvalue weighted by Gasteiger charge is 2.01. The molecule has 0 unspecified atom stereocenters. The number of hydrogen-bond donors (Lipinski definition) is 1. The number of fused-ring (bicyclic) bond motifs is 1. The van der Waals surface area contributed by atoms with Gasteiger partial charge < -0.3 is 9.62 Å². The first kappa shape index (κ1) is 8.22. The molecule has 0 aliphatic rings. The van der Waals surface area contributed by atoms with Crippen LogP contribution in [0.5, 0.6) is 0 Å². The second kappa shape index (κ2) is 3.16. The van der Waals surface area contributed by atoms with Crippen LogP contribution in [0.4, 0.5) is 0 Å². The van der Waals surface area contributed by atoms with Crippen molar-refractivity contribution >= 4 is 11.0 Å². The molecule has 2 rings (SSSR count). The third-order valence-corrected chi connectivity index (χ3v) is 1.79. The molecule has 0 amide bonds. The molecular formula is C9H10N2O2. The number of nitrogens with zero attached hydrogens (tertiary/aromatic N) is 2. The molecule has 0 bridgehead atoms. The van der Waals surface area contributed by atoms with Crippen LogP contribution < -0.4 is 0 Å². The molecule has 4 nitrogen and oxygen atoms in total. The number of hydroxylamine groups is 2. The Hall–Kier alpha value is -1.39. The van der Waals surface area contributed by atoms with Gasteiger partial charge in [0.15, 0.2) is 5.58 Å². The molecule has 0 saturated carbocycles. The van der Waals surface area contributed by atoms with Gasteiger partial charge in [-0.1, -0.05) is 0 Å². The van der Waals surface area contributed by atoms with Gasteiger partial charge in [-0.2, -0.15) is 5.06 Å². The zero-order valence-corrected chi connectivity index (χ0v) is 7.27. The van der Waals surface area contributed by atoms with Crippen LogP contribution >= 0.6 is 0 Å². The van der Waals surface area contributed by atoms with Crippen LogP contribution in [-0.2, 0) is 6.54 Å². The van der Waals surface area contributed by atoms with Crippen LogP contribution in [0, 0.1) is 0 Å². The van der Waals surface area contributed by atoms with Gasteiger partial charge in [-0.25, -0.2) is 0 Å². The summed E-state index contributed by atoms with van der Waals surface area (Å²) < 4.78 is 5.14. The molecule has 0 aliphatic carbocycles. The van der Waals surface area contributed by atoms with Gasteiger partial charge in [0.25, 0.3) is 0 Å². The summed E-state index contributed by atoms with van der Waals surface area (Å²) in [4.78, 5) is 4.12.